The predicted molar refractivity (Wildman–Crippen MR) is 80.8 cm³/mol. The molecule has 0 aromatic heterocycles. The van der Waals surface area contributed by atoms with Gasteiger partial charge in [0.15, 0.2) is 5.78 Å². The van der Waals surface area contributed by atoms with E-state index in [4.69, 9.17) is 9.47 Å². The van der Waals surface area contributed by atoms with E-state index in [1.54, 1.807) is 27.8 Å². The van der Waals surface area contributed by atoms with Gasteiger partial charge >= 0.3 is 6.09 Å². The number of hydrogen-bond acceptors (Lipinski definition) is 4. The molecule has 0 spiro atoms. The van der Waals surface area contributed by atoms with Gasteiger partial charge in [-0.1, -0.05) is 0 Å². The van der Waals surface area contributed by atoms with Crippen LogP contribution in [-0.2, 0) is 4.74 Å². The van der Waals surface area contributed by atoms with Gasteiger partial charge in [0, 0.05) is 7.05 Å². The molecule has 0 aliphatic heterocycles. The minimum atomic E-state index is -0.565. The highest BCUT2D eigenvalue weighted by atomic mass is 19.1. The quantitative estimate of drug-likeness (QED) is 0.783. The van der Waals surface area contributed by atoms with Crippen LogP contribution in [0.3, 0.4) is 0 Å². The van der Waals surface area contributed by atoms with E-state index >= 15 is 0 Å². The van der Waals surface area contributed by atoms with Gasteiger partial charge in [0.25, 0.3) is 0 Å². The Bertz CT molecular complexity index is 552. The normalized spacial score (nSPS) is 11.0. The first-order valence-electron chi connectivity index (χ1n) is 6.97. The van der Waals surface area contributed by atoms with Crippen molar-refractivity contribution in [1.29, 1.82) is 0 Å². The number of rotatable bonds is 5. The molecule has 0 heterocycles. The summed E-state index contributed by atoms with van der Waals surface area (Å²) in [7, 11) is 1.59. The molecule has 0 unspecified atom stereocenters. The molecule has 122 valence electrons. The highest BCUT2D eigenvalue weighted by molar-refractivity contribution is 5.96. The molecule has 22 heavy (non-hydrogen) atoms. The van der Waals surface area contributed by atoms with Crippen LogP contribution in [0.4, 0.5) is 9.18 Å². The van der Waals surface area contributed by atoms with Crippen LogP contribution < -0.4 is 4.74 Å². The monoisotopic (exact) mass is 311 g/mol. The molecule has 0 fully saturated rings. The zero-order valence-corrected chi connectivity index (χ0v) is 13.6. The largest absolute Gasteiger partial charge is 0.491 e. The first kappa shape index (κ1) is 17.9. The fourth-order valence-corrected chi connectivity index (χ4v) is 1.63. The number of carbonyl (C=O) groups excluding carboxylic acids is 2. The molecular weight excluding hydrogens is 289 g/mol. The predicted octanol–water partition coefficient (Wildman–Crippen LogP) is 3.27. The lowest BCUT2D eigenvalue weighted by molar-refractivity contribution is 0.0278. The third-order valence-corrected chi connectivity index (χ3v) is 2.71. The summed E-state index contributed by atoms with van der Waals surface area (Å²) in [4.78, 5) is 24.6. The molecule has 1 aromatic rings. The van der Waals surface area contributed by atoms with Crippen molar-refractivity contribution in [3.8, 4) is 5.75 Å². The minimum Gasteiger partial charge on any atom is -0.491 e. The summed E-state index contributed by atoms with van der Waals surface area (Å²) >= 11 is 0. The number of hydrogen-bond donors (Lipinski definition) is 0. The van der Waals surface area contributed by atoms with Crippen LogP contribution in [0.1, 0.15) is 38.1 Å². The molecule has 0 aliphatic carbocycles. The van der Waals surface area contributed by atoms with Crippen molar-refractivity contribution in [1.82, 2.24) is 4.90 Å². The van der Waals surface area contributed by atoms with E-state index in [0.29, 0.717) is 5.75 Å². The second-order valence-electron chi connectivity index (χ2n) is 5.95. The Hall–Kier alpha value is -2.11. The van der Waals surface area contributed by atoms with Crippen molar-refractivity contribution >= 4 is 11.9 Å². The average Bonchev–Trinajstić information content (AvgIpc) is 2.38. The van der Waals surface area contributed by atoms with E-state index < -0.39 is 17.5 Å². The lowest BCUT2D eigenvalue weighted by Gasteiger charge is -2.24. The van der Waals surface area contributed by atoms with Gasteiger partial charge in [-0.25, -0.2) is 9.18 Å². The van der Waals surface area contributed by atoms with Crippen molar-refractivity contribution in [2.24, 2.45) is 0 Å². The van der Waals surface area contributed by atoms with E-state index in [9.17, 15) is 14.0 Å². The summed E-state index contributed by atoms with van der Waals surface area (Å²) < 4.78 is 23.8. The third kappa shape index (κ3) is 5.71. The van der Waals surface area contributed by atoms with Crippen LogP contribution in [-0.4, -0.2) is 42.6 Å². The summed E-state index contributed by atoms with van der Waals surface area (Å²) in [6, 6.07) is 3.76. The molecule has 0 aliphatic rings. The van der Waals surface area contributed by atoms with E-state index in [-0.39, 0.29) is 24.5 Å². The Labute approximate surface area is 130 Å². The lowest BCUT2D eigenvalue weighted by Crippen LogP contribution is -2.36. The molecule has 0 saturated carbocycles. The van der Waals surface area contributed by atoms with E-state index in [0.717, 1.165) is 6.07 Å². The maximum absolute atomic E-state index is 13.1. The molecule has 1 aromatic carbocycles. The molecule has 0 atom stereocenters. The Morgan fingerprint density at radius 3 is 2.45 bits per heavy atom. The standard InChI is InChI=1S/C16H22FNO4/c1-11(19)13-10-12(17)6-7-14(13)21-9-8-18(5)15(20)22-16(2,3)4/h6-7,10H,8-9H2,1-5H3. The zero-order chi connectivity index (χ0) is 16.9. The average molecular weight is 311 g/mol. The maximum atomic E-state index is 13.1. The summed E-state index contributed by atoms with van der Waals surface area (Å²) in [6.07, 6.45) is -0.456. The molecule has 0 saturated heterocycles. The molecule has 0 N–H and O–H groups in total. The Kier molecular flexibility index (Phi) is 5.91. The first-order valence-corrected chi connectivity index (χ1v) is 6.97. The summed E-state index contributed by atoms with van der Waals surface area (Å²) in [6.45, 7) is 7.15. The van der Waals surface area contributed by atoms with Gasteiger partial charge in [0.05, 0.1) is 12.1 Å². The van der Waals surface area contributed by atoms with Crippen molar-refractivity contribution in [3.05, 3.63) is 29.6 Å². The molecule has 1 amide bonds. The van der Waals surface area contributed by atoms with Crippen LogP contribution in [0.5, 0.6) is 5.75 Å². The number of amides is 1. The van der Waals surface area contributed by atoms with E-state index in [2.05, 4.69) is 0 Å². The van der Waals surface area contributed by atoms with Crippen molar-refractivity contribution < 1.29 is 23.5 Å². The number of nitrogens with zero attached hydrogens (tertiary/aromatic N) is 1. The number of Topliss-reactive ketones (excluding diaryl/α,β-unsaturated/α-hetero) is 1. The topological polar surface area (TPSA) is 55.8 Å². The summed E-state index contributed by atoms with van der Waals surface area (Å²) in [5, 5.41) is 0. The summed E-state index contributed by atoms with van der Waals surface area (Å²) in [5.41, 5.74) is -0.384. The fourth-order valence-electron chi connectivity index (χ4n) is 1.63. The fraction of sp³-hybridized carbons (Fsp3) is 0.500. The Balaban J connectivity index is 2.58. The Morgan fingerprint density at radius 1 is 1.27 bits per heavy atom. The van der Waals surface area contributed by atoms with Crippen molar-refractivity contribution in [3.63, 3.8) is 0 Å². The maximum Gasteiger partial charge on any atom is 0.410 e. The van der Waals surface area contributed by atoms with Gasteiger partial charge in [0.2, 0.25) is 0 Å². The van der Waals surface area contributed by atoms with E-state index in [1.165, 1.54) is 24.0 Å². The molecule has 5 nitrogen and oxygen atoms in total. The second-order valence-corrected chi connectivity index (χ2v) is 5.95. The van der Waals surface area contributed by atoms with Crippen LogP contribution in [0.2, 0.25) is 0 Å². The second kappa shape index (κ2) is 7.24. The number of benzene rings is 1. The SMILES string of the molecule is CC(=O)c1cc(F)ccc1OCCN(C)C(=O)OC(C)(C)C. The smallest absolute Gasteiger partial charge is 0.410 e. The molecular formula is C16H22FNO4. The third-order valence-electron chi connectivity index (χ3n) is 2.71. The van der Waals surface area contributed by atoms with Gasteiger partial charge < -0.3 is 14.4 Å². The highest BCUT2D eigenvalue weighted by Crippen LogP contribution is 2.20. The van der Waals surface area contributed by atoms with Gasteiger partial charge in [-0.2, -0.15) is 0 Å². The number of likely N-dealkylation sites (N-methyl/N-ethyl adjacent to an activating group) is 1. The van der Waals surface area contributed by atoms with Crippen LogP contribution in [0.15, 0.2) is 18.2 Å². The van der Waals surface area contributed by atoms with Crippen molar-refractivity contribution in [2.45, 2.75) is 33.3 Å². The number of halogens is 1. The molecule has 1 rings (SSSR count). The number of ketones is 1. The summed E-state index contributed by atoms with van der Waals surface area (Å²) in [5.74, 6) is -0.482. The first-order chi connectivity index (χ1) is 10.1. The number of carbonyl (C=O) groups is 2. The van der Waals surface area contributed by atoms with Gasteiger partial charge in [0.1, 0.15) is 23.8 Å². The van der Waals surface area contributed by atoms with Crippen LogP contribution in [0, 0.1) is 5.82 Å². The number of ether oxygens (including phenoxy) is 2. The zero-order valence-electron chi connectivity index (χ0n) is 13.6. The van der Waals surface area contributed by atoms with Crippen LogP contribution >= 0.6 is 0 Å². The van der Waals surface area contributed by atoms with Gasteiger partial charge in [-0.3, -0.25) is 4.79 Å². The van der Waals surface area contributed by atoms with Crippen molar-refractivity contribution in [2.75, 3.05) is 20.2 Å². The lowest BCUT2D eigenvalue weighted by atomic mass is 10.1. The van der Waals surface area contributed by atoms with Gasteiger partial charge in [-0.05, 0) is 45.9 Å². The molecule has 0 radical (unpaired) electrons. The van der Waals surface area contributed by atoms with Gasteiger partial charge in [-0.15, -0.1) is 0 Å². The van der Waals surface area contributed by atoms with E-state index in [1.807, 2.05) is 0 Å². The van der Waals surface area contributed by atoms with Crippen LogP contribution in [0.25, 0.3) is 0 Å². The molecule has 0 bridgehead atoms. The molecule has 6 heteroatoms. The Morgan fingerprint density at radius 2 is 1.91 bits per heavy atom. The highest BCUT2D eigenvalue weighted by Gasteiger charge is 2.19. The minimum absolute atomic E-state index is 0.168.